The van der Waals surface area contributed by atoms with Gasteiger partial charge in [-0.05, 0) is 47.1 Å². The van der Waals surface area contributed by atoms with Crippen LogP contribution in [0.2, 0.25) is 0 Å². The Labute approximate surface area is 234 Å². The molecule has 0 bridgehead atoms. The second-order valence-electron chi connectivity index (χ2n) is 12.0. The second kappa shape index (κ2) is 11.3. The van der Waals surface area contributed by atoms with E-state index in [-0.39, 0.29) is 35.7 Å². The molecule has 212 valence electrons. The maximum atomic E-state index is 13.8. The molecule has 2 unspecified atom stereocenters. The van der Waals surface area contributed by atoms with Crippen molar-refractivity contribution < 1.29 is 29.0 Å². The molecule has 5 rings (SSSR count). The monoisotopic (exact) mass is 547 g/mol. The molecule has 2 amide bonds. The number of carboxylic acid groups (broad SMARTS) is 1. The molecule has 0 saturated heterocycles. The minimum absolute atomic E-state index is 0.0233. The summed E-state index contributed by atoms with van der Waals surface area (Å²) in [5, 5.41) is 18.1. The van der Waals surface area contributed by atoms with E-state index in [0.29, 0.717) is 25.3 Å². The molecule has 2 aromatic carbocycles. The Bertz CT molecular complexity index is 1310. The Morgan fingerprint density at radius 2 is 1.85 bits per heavy atom. The zero-order valence-electron chi connectivity index (χ0n) is 23.3. The number of hydrazone groups is 1. The molecule has 1 aliphatic heterocycles. The minimum atomic E-state index is -1.28. The van der Waals surface area contributed by atoms with Crippen LogP contribution in [-0.4, -0.2) is 46.7 Å². The highest BCUT2D eigenvalue weighted by atomic mass is 16.7. The molecule has 9 heteroatoms. The molecule has 1 saturated carbocycles. The Kier molecular flexibility index (Phi) is 7.83. The Morgan fingerprint density at radius 3 is 2.52 bits per heavy atom. The van der Waals surface area contributed by atoms with Gasteiger partial charge in [-0.25, -0.2) is 9.80 Å². The topological polar surface area (TPSA) is 118 Å². The zero-order chi connectivity index (χ0) is 28.4. The van der Waals surface area contributed by atoms with E-state index in [4.69, 9.17) is 14.6 Å². The van der Waals surface area contributed by atoms with Crippen molar-refractivity contribution in [2.75, 3.05) is 11.9 Å². The molecule has 2 aliphatic carbocycles. The third-order valence-electron chi connectivity index (χ3n) is 7.98. The number of hydrogen-bond donors (Lipinski definition) is 2. The van der Waals surface area contributed by atoms with Crippen LogP contribution in [0.4, 0.5) is 10.5 Å². The zero-order valence-corrected chi connectivity index (χ0v) is 23.3. The van der Waals surface area contributed by atoms with Gasteiger partial charge in [0.2, 0.25) is 11.8 Å². The molecular formula is C31H37N3O6. The van der Waals surface area contributed by atoms with Gasteiger partial charge in [0, 0.05) is 23.9 Å². The van der Waals surface area contributed by atoms with Gasteiger partial charge in [-0.15, -0.1) is 5.10 Å². The molecular weight excluding hydrogens is 510 g/mol. The van der Waals surface area contributed by atoms with E-state index in [2.05, 4.69) is 10.4 Å². The summed E-state index contributed by atoms with van der Waals surface area (Å²) in [7, 11) is 0. The fraction of sp³-hybridized carbons (Fsp3) is 0.484. The first-order valence-corrected chi connectivity index (χ1v) is 14.0. The third-order valence-corrected chi connectivity index (χ3v) is 7.98. The van der Waals surface area contributed by atoms with Crippen molar-refractivity contribution >= 4 is 29.6 Å². The van der Waals surface area contributed by atoms with Crippen LogP contribution < -0.4 is 5.32 Å². The van der Waals surface area contributed by atoms with Crippen molar-refractivity contribution in [3.8, 4) is 0 Å². The fourth-order valence-electron chi connectivity index (χ4n) is 5.99. The van der Waals surface area contributed by atoms with Crippen molar-refractivity contribution in [2.24, 2.45) is 16.4 Å². The summed E-state index contributed by atoms with van der Waals surface area (Å²) in [6, 6.07) is 13.6. The highest BCUT2D eigenvalue weighted by Crippen LogP contribution is 2.39. The van der Waals surface area contributed by atoms with E-state index < -0.39 is 12.3 Å². The maximum absolute atomic E-state index is 13.8. The Morgan fingerprint density at radius 1 is 1.12 bits per heavy atom. The number of rotatable bonds is 7. The standard InChI is InChI=1S/C31H37N3O6/c1-31(2,3)29-33-34(26(35)18-39-29)17-19-11-13-21(14-12-19)27(20-7-4-5-8-20)28(36)32-25-10-6-9-22-15-23(16-24(22)25)40-30(37)38/h6,9-14,20,23,27H,4-5,7-8,15-18H2,1-3H3,(H,32,36)(H,37,38). The number of carbonyl (C=O) groups is 3. The summed E-state index contributed by atoms with van der Waals surface area (Å²) in [6.45, 7) is 6.29. The normalized spacial score (nSPS) is 20.0. The number of nitrogens with zero attached hydrogens (tertiary/aromatic N) is 2. The molecule has 2 aromatic rings. The summed E-state index contributed by atoms with van der Waals surface area (Å²) in [5.41, 5.74) is 4.23. The van der Waals surface area contributed by atoms with E-state index >= 15 is 0 Å². The van der Waals surface area contributed by atoms with Gasteiger partial charge in [-0.3, -0.25) is 9.59 Å². The molecule has 0 spiro atoms. The third kappa shape index (κ3) is 6.13. The molecule has 0 aromatic heterocycles. The number of nitrogens with one attached hydrogen (secondary N) is 1. The number of carbonyl (C=O) groups excluding carboxylic acids is 2. The highest BCUT2D eigenvalue weighted by Gasteiger charge is 2.34. The van der Waals surface area contributed by atoms with E-state index in [9.17, 15) is 14.4 Å². The minimum Gasteiger partial charge on any atom is -0.469 e. The van der Waals surface area contributed by atoms with Crippen LogP contribution in [0.5, 0.6) is 0 Å². The molecule has 9 nitrogen and oxygen atoms in total. The van der Waals surface area contributed by atoms with Crippen LogP contribution in [0.25, 0.3) is 0 Å². The van der Waals surface area contributed by atoms with Crippen molar-refractivity contribution in [1.82, 2.24) is 5.01 Å². The Hall–Kier alpha value is -3.88. The van der Waals surface area contributed by atoms with Gasteiger partial charge in [-0.1, -0.05) is 70.0 Å². The number of fused-ring (bicyclic) bond motifs is 1. The first kappa shape index (κ1) is 27.7. The van der Waals surface area contributed by atoms with Crippen LogP contribution in [0.15, 0.2) is 47.6 Å². The first-order chi connectivity index (χ1) is 19.1. The number of ether oxygens (including phenoxy) is 2. The summed E-state index contributed by atoms with van der Waals surface area (Å²) in [6.07, 6.45) is 3.43. The van der Waals surface area contributed by atoms with E-state index in [1.165, 1.54) is 5.01 Å². The molecule has 0 radical (unpaired) electrons. The average molecular weight is 548 g/mol. The lowest BCUT2D eigenvalue weighted by Gasteiger charge is -2.29. The summed E-state index contributed by atoms with van der Waals surface area (Å²) in [4.78, 5) is 37.3. The number of anilines is 1. The molecule has 2 atom stereocenters. The van der Waals surface area contributed by atoms with Gasteiger partial charge < -0.3 is 19.9 Å². The van der Waals surface area contributed by atoms with Crippen LogP contribution in [0.1, 0.15) is 74.6 Å². The summed E-state index contributed by atoms with van der Waals surface area (Å²) >= 11 is 0. The van der Waals surface area contributed by atoms with Gasteiger partial charge in [0.05, 0.1) is 12.5 Å². The molecule has 1 fully saturated rings. The van der Waals surface area contributed by atoms with E-state index in [1.807, 2.05) is 63.2 Å². The van der Waals surface area contributed by atoms with Crippen LogP contribution in [0.3, 0.4) is 0 Å². The van der Waals surface area contributed by atoms with Gasteiger partial charge in [0.15, 0.2) is 6.61 Å². The van der Waals surface area contributed by atoms with Crippen molar-refractivity contribution in [1.29, 1.82) is 0 Å². The van der Waals surface area contributed by atoms with E-state index in [0.717, 1.165) is 53.6 Å². The SMILES string of the molecule is CC(C)(C)C1=NN(Cc2ccc(C(C(=O)Nc3cccc4c3CC(OC(=O)O)C4)C3CCCC3)cc2)C(=O)CO1. The predicted octanol–water partition coefficient (Wildman–Crippen LogP) is 5.48. The second-order valence-corrected chi connectivity index (χ2v) is 12.0. The lowest BCUT2D eigenvalue weighted by Crippen LogP contribution is -2.40. The quantitative estimate of drug-likeness (QED) is 0.444. The molecule has 40 heavy (non-hydrogen) atoms. The van der Waals surface area contributed by atoms with Gasteiger partial charge >= 0.3 is 6.16 Å². The Balaban J connectivity index is 1.33. The van der Waals surface area contributed by atoms with Crippen molar-refractivity contribution in [3.05, 3.63) is 64.7 Å². The lowest BCUT2D eigenvalue weighted by atomic mass is 9.83. The molecule has 1 heterocycles. The number of benzene rings is 2. The number of hydrogen-bond acceptors (Lipinski definition) is 6. The fourth-order valence-corrected chi connectivity index (χ4v) is 5.99. The molecule has 3 aliphatic rings. The van der Waals surface area contributed by atoms with Crippen LogP contribution in [0, 0.1) is 11.3 Å². The summed E-state index contributed by atoms with van der Waals surface area (Å²) in [5.74, 6) is 0.223. The van der Waals surface area contributed by atoms with Gasteiger partial charge in [0.1, 0.15) is 6.10 Å². The lowest BCUT2D eigenvalue weighted by molar-refractivity contribution is -0.136. The average Bonchev–Trinajstić information content (AvgIpc) is 3.56. The smallest absolute Gasteiger partial charge is 0.469 e. The van der Waals surface area contributed by atoms with Crippen LogP contribution >= 0.6 is 0 Å². The number of amides is 2. The predicted molar refractivity (Wildman–Crippen MR) is 150 cm³/mol. The largest absolute Gasteiger partial charge is 0.506 e. The highest BCUT2D eigenvalue weighted by molar-refractivity contribution is 5.97. The van der Waals surface area contributed by atoms with Crippen molar-refractivity contribution in [2.45, 2.75) is 77.9 Å². The van der Waals surface area contributed by atoms with E-state index in [1.54, 1.807) is 0 Å². The van der Waals surface area contributed by atoms with Gasteiger partial charge in [0.25, 0.3) is 5.91 Å². The van der Waals surface area contributed by atoms with Crippen LogP contribution in [-0.2, 0) is 38.4 Å². The summed E-state index contributed by atoms with van der Waals surface area (Å²) < 4.78 is 10.5. The van der Waals surface area contributed by atoms with Crippen molar-refractivity contribution in [3.63, 3.8) is 0 Å². The maximum Gasteiger partial charge on any atom is 0.506 e. The van der Waals surface area contributed by atoms with Gasteiger partial charge in [-0.2, -0.15) is 0 Å². The molecule has 2 N–H and O–H groups in total. The first-order valence-electron chi connectivity index (χ1n) is 14.0.